The maximum Gasteiger partial charge on any atom is 0.339 e. The molecule has 2 aliphatic rings. The van der Waals surface area contributed by atoms with Crippen LogP contribution in [0.1, 0.15) is 51.6 Å². The molecular weight excluding hydrogens is 366 g/mol. The molecule has 0 fully saturated rings. The minimum atomic E-state index is -0.347. The molecule has 148 valence electrons. The van der Waals surface area contributed by atoms with Gasteiger partial charge in [-0.05, 0) is 61.1 Å². The van der Waals surface area contributed by atoms with Crippen molar-refractivity contribution in [2.75, 3.05) is 19.0 Å². The standard InChI is InChI=1S/C24H23NO4/c1-13-11-20-22(16-5-4-6-17(16)24(27)29-20)23-21(13)18(26)12-19(28-23)14-7-9-15(10-8-14)25(2)3/h7-11,19H,4-6,12H2,1-3H3/t19-/m0/s1. The summed E-state index contributed by atoms with van der Waals surface area (Å²) in [4.78, 5) is 27.5. The van der Waals surface area contributed by atoms with Crippen LogP contribution in [-0.2, 0) is 12.8 Å². The van der Waals surface area contributed by atoms with Gasteiger partial charge in [0.05, 0.1) is 17.4 Å². The van der Waals surface area contributed by atoms with Crippen LogP contribution in [0.15, 0.2) is 39.5 Å². The summed E-state index contributed by atoms with van der Waals surface area (Å²) in [5, 5.41) is 0.806. The number of hydrogen-bond donors (Lipinski definition) is 0. The van der Waals surface area contributed by atoms with E-state index in [9.17, 15) is 9.59 Å². The van der Waals surface area contributed by atoms with E-state index in [1.807, 2.05) is 56.3 Å². The highest BCUT2D eigenvalue weighted by atomic mass is 16.5. The van der Waals surface area contributed by atoms with Gasteiger partial charge in [-0.25, -0.2) is 4.79 Å². The fraction of sp³-hybridized carbons (Fsp3) is 0.333. The fourth-order valence-corrected chi connectivity index (χ4v) is 4.62. The van der Waals surface area contributed by atoms with Crippen molar-refractivity contribution < 1.29 is 13.9 Å². The number of anilines is 1. The van der Waals surface area contributed by atoms with Crippen molar-refractivity contribution in [2.45, 2.75) is 38.7 Å². The average Bonchev–Trinajstić information content (AvgIpc) is 3.18. The first kappa shape index (κ1) is 18.0. The number of carbonyl (C=O) groups is 1. The number of ketones is 1. The second-order valence-corrected chi connectivity index (χ2v) is 8.19. The molecule has 0 spiro atoms. The lowest BCUT2D eigenvalue weighted by molar-refractivity contribution is 0.0852. The van der Waals surface area contributed by atoms with Gasteiger partial charge in [-0.3, -0.25) is 4.79 Å². The van der Waals surface area contributed by atoms with Crippen molar-refractivity contribution in [3.63, 3.8) is 0 Å². The summed E-state index contributed by atoms with van der Waals surface area (Å²) < 4.78 is 12.1. The molecule has 0 bridgehead atoms. The quantitative estimate of drug-likeness (QED) is 0.610. The Kier molecular flexibility index (Phi) is 4.02. The zero-order valence-electron chi connectivity index (χ0n) is 16.9. The van der Waals surface area contributed by atoms with E-state index in [1.165, 1.54) is 0 Å². The Bertz CT molecular complexity index is 1200. The fourth-order valence-electron chi connectivity index (χ4n) is 4.62. The topological polar surface area (TPSA) is 59.8 Å². The number of Topliss-reactive ketones (excluding diaryl/α,β-unsaturated/α-hetero) is 1. The van der Waals surface area contributed by atoms with E-state index in [1.54, 1.807) is 0 Å². The Morgan fingerprint density at radius 3 is 2.48 bits per heavy atom. The van der Waals surface area contributed by atoms with Crippen LogP contribution in [0.4, 0.5) is 5.69 Å². The van der Waals surface area contributed by atoms with Gasteiger partial charge >= 0.3 is 5.63 Å². The van der Waals surface area contributed by atoms with E-state index in [0.717, 1.165) is 52.6 Å². The molecule has 5 rings (SSSR count). The monoisotopic (exact) mass is 389 g/mol. The summed E-state index contributed by atoms with van der Waals surface area (Å²) in [6.07, 6.45) is 2.41. The normalized spacial score (nSPS) is 17.8. The van der Waals surface area contributed by atoms with Gasteiger partial charge in [-0.15, -0.1) is 0 Å². The maximum absolute atomic E-state index is 13.1. The highest BCUT2D eigenvalue weighted by molar-refractivity contribution is 6.07. The van der Waals surface area contributed by atoms with Gasteiger partial charge in [-0.1, -0.05) is 12.1 Å². The molecule has 2 aromatic carbocycles. The molecule has 0 N–H and O–H groups in total. The van der Waals surface area contributed by atoms with E-state index in [-0.39, 0.29) is 17.5 Å². The summed E-state index contributed by atoms with van der Waals surface area (Å²) in [6.45, 7) is 1.87. The molecule has 2 heterocycles. The molecule has 3 aromatic rings. The number of hydrogen-bond acceptors (Lipinski definition) is 5. The van der Waals surface area contributed by atoms with Crippen molar-refractivity contribution in [1.29, 1.82) is 0 Å². The largest absolute Gasteiger partial charge is 0.484 e. The van der Waals surface area contributed by atoms with Gasteiger partial charge in [0, 0.05) is 25.3 Å². The van der Waals surface area contributed by atoms with Crippen molar-refractivity contribution in [2.24, 2.45) is 0 Å². The molecule has 1 aliphatic carbocycles. The van der Waals surface area contributed by atoms with Gasteiger partial charge in [0.15, 0.2) is 5.78 Å². The number of ether oxygens (including phenoxy) is 1. The van der Waals surface area contributed by atoms with E-state index in [2.05, 4.69) is 0 Å². The average molecular weight is 389 g/mol. The Labute approximate surface area is 168 Å². The molecule has 0 amide bonds. The summed E-state index contributed by atoms with van der Waals surface area (Å²) in [5.74, 6) is 0.658. The lowest BCUT2D eigenvalue weighted by atomic mass is 9.90. The third-order valence-electron chi connectivity index (χ3n) is 6.10. The molecule has 0 saturated heterocycles. The third kappa shape index (κ3) is 2.76. The third-order valence-corrected chi connectivity index (χ3v) is 6.10. The second-order valence-electron chi connectivity index (χ2n) is 8.19. The number of aryl methyl sites for hydroxylation is 2. The molecule has 5 nitrogen and oxygen atoms in total. The van der Waals surface area contributed by atoms with Crippen LogP contribution in [0, 0.1) is 6.92 Å². The predicted molar refractivity (Wildman–Crippen MR) is 112 cm³/mol. The smallest absolute Gasteiger partial charge is 0.339 e. The summed E-state index contributed by atoms with van der Waals surface area (Å²) in [5.41, 5.74) is 5.46. The second kappa shape index (κ2) is 6.48. The maximum atomic E-state index is 13.1. The number of rotatable bonds is 2. The number of carbonyl (C=O) groups excluding carboxylic acids is 1. The van der Waals surface area contributed by atoms with Crippen LogP contribution in [0.3, 0.4) is 0 Å². The van der Waals surface area contributed by atoms with Gasteiger partial charge < -0.3 is 14.1 Å². The van der Waals surface area contributed by atoms with E-state index in [0.29, 0.717) is 23.3 Å². The number of nitrogens with zero attached hydrogens (tertiary/aromatic N) is 1. The summed E-state index contributed by atoms with van der Waals surface area (Å²) in [7, 11) is 3.99. The van der Waals surface area contributed by atoms with Crippen molar-refractivity contribution >= 4 is 22.4 Å². The highest BCUT2D eigenvalue weighted by Gasteiger charge is 2.33. The van der Waals surface area contributed by atoms with Crippen molar-refractivity contribution in [3.05, 3.63) is 68.6 Å². The Hall–Kier alpha value is -3.08. The Balaban J connectivity index is 1.68. The van der Waals surface area contributed by atoms with Crippen molar-refractivity contribution in [3.8, 4) is 5.75 Å². The summed E-state index contributed by atoms with van der Waals surface area (Å²) >= 11 is 0. The molecule has 1 atom stereocenters. The minimum Gasteiger partial charge on any atom is -0.484 e. The van der Waals surface area contributed by atoms with Crippen LogP contribution in [-0.4, -0.2) is 19.9 Å². The van der Waals surface area contributed by atoms with E-state index >= 15 is 0 Å². The molecule has 5 heteroatoms. The van der Waals surface area contributed by atoms with E-state index < -0.39 is 0 Å². The SMILES string of the molecule is Cc1cc2oc(=O)c3c(c2c2c1C(=O)C[C@@H](c1ccc(N(C)C)cc1)O2)CCC3. The van der Waals surface area contributed by atoms with Gasteiger partial charge in [-0.2, -0.15) is 0 Å². The van der Waals surface area contributed by atoms with Crippen LogP contribution in [0.2, 0.25) is 0 Å². The Morgan fingerprint density at radius 2 is 1.76 bits per heavy atom. The lowest BCUT2D eigenvalue weighted by Crippen LogP contribution is -2.22. The first-order valence-electron chi connectivity index (χ1n) is 10.0. The molecule has 0 saturated carbocycles. The van der Waals surface area contributed by atoms with Gasteiger partial charge in [0.1, 0.15) is 17.4 Å². The number of benzene rings is 2. The van der Waals surface area contributed by atoms with Crippen LogP contribution in [0.5, 0.6) is 5.75 Å². The van der Waals surface area contributed by atoms with Gasteiger partial charge in [0.2, 0.25) is 0 Å². The van der Waals surface area contributed by atoms with Crippen molar-refractivity contribution in [1.82, 2.24) is 0 Å². The number of fused-ring (bicyclic) bond motifs is 5. The highest BCUT2D eigenvalue weighted by Crippen LogP contribution is 2.44. The lowest BCUT2D eigenvalue weighted by Gasteiger charge is -2.28. The minimum absolute atomic E-state index is 0.0743. The zero-order chi connectivity index (χ0) is 20.3. The van der Waals surface area contributed by atoms with Crippen LogP contribution in [0.25, 0.3) is 11.0 Å². The molecule has 0 unspecified atom stereocenters. The molecule has 29 heavy (non-hydrogen) atoms. The predicted octanol–water partition coefficient (Wildman–Crippen LogP) is 4.36. The Morgan fingerprint density at radius 1 is 1.03 bits per heavy atom. The van der Waals surface area contributed by atoms with Gasteiger partial charge in [0.25, 0.3) is 0 Å². The van der Waals surface area contributed by atoms with Crippen LogP contribution >= 0.6 is 0 Å². The molecule has 0 radical (unpaired) electrons. The van der Waals surface area contributed by atoms with Crippen LogP contribution < -0.4 is 15.3 Å². The zero-order valence-corrected chi connectivity index (χ0v) is 16.9. The first-order valence-corrected chi connectivity index (χ1v) is 10.0. The summed E-state index contributed by atoms with van der Waals surface area (Å²) in [6, 6.07) is 9.90. The first-order chi connectivity index (χ1) is 13.9. The van der Waals surface area contributed by atoms with E-state index in [4.69, 9.17) is 9.15 Å². The molecular formula is C24H23NO4. The molecule has 1 aliphatic heterocycles. The molecule has 1 aromatic heterocycles.